The summed E-state index contributed by atoms with van der Waals surface area (Å²) < 4.78 is 42.9. The predicted octanol–water partition coefficient (Wildman–Crippen LogP) is 2.17. The zero-order valence-corrected chi connectivity index (χ0v) is 10.9. The number of hydrogen-bond donors (Lipinski definition) is 1. The number of piperidine rings is 1. The highest BCUT2D eigenvalue weighted by Gasteiger charge is 2.36. The van der Waals surface area contributed by atoms with Crippen molar-refractivity contribution >= 4 is 5.91 Å². The lowest BCUT2D eigenvalue weighted by atomic mass is 9.98. The van der Waals surface area contributed by atoms with Crippen molar-refractivity contribution in [3.8, 4) is 0 Å². The van der Waals surface area contributed by atoms with Gasteiger partial charge in [0.15, 0.2) is 0 Å². The topological polar surface area (TPSA) is 45.5 Å². The highest BCUT2D eigenvalue weighted by atomic mass is 19.4. The van der Waals surface area contributed by atoms with Crippen molar-refractivity contribution in [2.24, 2.45) is 5.92 Å². The Hall–Kier alpha value is -1.50. The van der Waals surface area contributed by atoms with Crippen LogP contribution in [0.1, 0.15) is 18.6 Å². The molecule has 0 radical (unpaired) electrons. The molecule has 1 amide bonds. The Morgan fingerprint density at radius 1 is 1.50 bits per heavy atom. The number of nitrogens with zero attached hydrogens (tertiary/aromatic N) is 1. The number of halogens is 3. The molecule has 1 N–H and O–H groups in total. The van der Waals surface area contributed by atoms with Crippen molar-refractivity contribution in [1.29, 1.82) is 0 Å². The van der Waals surface area contributed by atoms with Crippen LogP contribution < -0.4 is 5.32 Å². The second-order valence-corrected chi connectivity index (χ2v) is 4.93. The minimum Gasteiger partial charge on any atom is -0.467 e. The Kier molecular flexibility index (Phi) is 4.69. The molecule has 1 aromatic rings. The lowest BCUT2D eigenvalue weighted by molar-refractivity contribution is -0.165. The minimum absolute atomic E-state index is 0.151. The van der Waals surface area contributed by atoms with E-state index in [-0.39, 0.29) is 12.5 Å². The molecule has 1 aliphatic rings. The Morgan fingerprint density at radius 2 is 2.30 bits per heavy atom. The summed E-state index contributed by atoms with van der Waals surface area (Å²) in [6.07, 6.45) is -1.60. The van der Waals surface area contributed by atoms with Crippen molar-refractivity contribution in [1.82, 2.24) is 10.2 Å². The molecule has 1 saturated heterocycles. The van der Waals surface area contributed by atoms with Gasteiger partial charge in [-0.3, -0.25) is 4.79 Å². The third-order valence-corrected chi connectivity index (χ3v) is 3.25. The van der Waals surface area contributed by atoms with E-state index in [4.69, 9.17) is 4.42 Å². The number of carbonyl (C=O) groups is 1. The smallest absolute Gasteiger partial charge is 0.406 e. The first kappa shape index (κ1) is 14.9. The van der Waals surface area contributed by atoms with Crippen LogP contribution in [0.4, 0.5) is 13.2 Å². The van der Waals surface area contributed by atoms with Crippen molar-refractivity contribution < 1.29 is 22.4 Å². The molecule has 0 unspecified atom stereocenters. The first-order chi connectivity index (χ1) is 9.46. The van der Waals surface area contributed by atoms with Gasteiger partial charge in [-0.05, 0) is 31.5 Å². The molecule has 1 aromatic heterocycles. The molecule has 2 rings (SSSR count). The second-order valence-electron chi connectivity index (χ2n) is 4.93. The average Bonchev–Trinajstić information content (AvgIpc) is 2.89. The van der Waals surface area contributed by atoms with Gasteiger partial charge in [-0.2, -0.15) is 13.2 Å². The largest absolute Gasteiger partial charge is 0.467 e. The Labute approximate surface area is 114 Å². The molecule has 20 heavy (non-hydrogen) atoms. The van der Waals surface area contributed by atoms with E-state index in [0.717, 1.165) is 17.9 Å². The molecule has 2 heterocycles. The van der Waals surface area contributed by atoms with Crippen LogP contribution in [0.25, 0.3) is 0 Å². The maximum atomic E-state index is 12.6. The third-order valence-electron chi connectivity index (χ3n) is 3.25. The molecule has 1 atom stereocenters. The molecule has 0 spiro atoms. The summed E-state index contributed by atoms with van der Waals surface area (Å²) in [6, 6.07) is 3.16. The van der Waals surface area contributed by atoms with Gasteiger partial charge in [-0.1, -0.05) is 0 Å². The van der Waals surface area contributed by atoms with Crippen LogP contribution in [0.2, 0.25) is 0 Å². The molecule has 112 valence electrons. The van der Waals surface area contributed by atoms with E-state index in [1.165, 1.54) is 6.26 Å². The average molecular weight is 290 g/mol. The number of carbonyl (C=O) groups excluding carboxylic acids is 1. The molecule has 7 heteroatoms. The summed E-state index contributed by atoms with van der Waals surface area (Å²) in [4.78, 5) is 13.1. The molecule has 0 aromatic carbocycles. The standard InChI is InChI=1S/C13H17F3N2O2/c14-13(15,16)9-18(8-11-4-2-6-20-11)12(19)10-3-1-5-17-7-10/h2,4,6,10,17H,1,3,5,7-9H2/t10-/m0/s1. The zero-order chi connectivity index (χ0) is 14.6. The summed E-state index contributed by atoms with van der Waals surface area (Å²) in [5.41, 5.74) is 0. The van der Waals surface area contributed by atoms with Crippen LogP contribution in [0, 0.1) is 5.92 Å². The van der Waals surface area contributed by atoms with E-state index in [0.29, 0.717) is 18.7 Å². The zero-order valence-electron chi connectivity index (χ0n) is 10.9. The molecular weight excluding hydrogens is 273 g/mol. The first-order valence-corrected chi connectivity index (χ1v) is 6.54. The fourth-order valence-corrected chi connectivity index (χ4v) is 2.34. The fourth-order valence-electron chi connectivity index (χ4n) is 2.34. The van der Waals surface area contributed by atoms with Gasteiger partial charge in [-0.25, -0.2) is 0 Å². The van der Waals surface area contributed by atoms with E-state index in [2.05, 4.69) is 5.32 Å². The first-order valence-electron chi connectivity index (χ1n) is 6.54. The maximum absolute atomic E-state index is 12.6. The van der Waals surface area contributed by atoms with Gasteiger partial charge in [0, 0.05) is 6.54 Å². The maximum Gasteiger partial charge on any atom is 0.406 e. The van der Waals surface area contributed by atoms with Gasteiger partial charge in [0.2, 0.25) is 5.91 Å². The highest BCUT2D eigenvalue weighted by molar-refractivity contribution is 5.79. The van der Waals surface area contributed by atoms with Gasteiger partial charge >= 0.3 is 6.18 Å². The normalized spacial score (nSPS) is 19.9. The quantitative estimate of drug-likeness (QED) is 0.924. The van der Waals surface area contributed by atoms with Gasteiger partial charge in [0.25, 0.3) is 0 Å². The molecular formula is C13H17F3N2O2. The van der Waals surface area contributed by atoms with Gasteiger partial charge in [-0.15, -0.1) is 0 Å². The van der Waals surface area contributed by atoms with Crippen molar-refractivity contribution in [3.05, 3.63) is 24.2 Å². The van der Waals surface area contributed by atoms with E-state index < -0.39 is 18.6 Å². The van der Waals surface area contributed by atoms with Crippen LogP contribution in [-0.2, 0) is 11.3 Å². The van der Waals surface area contributed by atoms with Crippen LogP contribution in [0.5, 0.6) is 0 Å². The van der Waals surface area contributed by atoms with Crippen molar-refractivity contribution in [3.63, 3.8) is 0 Å². The van der Waals surface area contributed by atoms with Gasteiger partial charge in [0.1, 0.15) is 12.3 Å². The number of furan rings is 1. The molecule has 0 saturated carbocycles. The SMILES string of the molecule is O=C([C@H]1CCCNC1)N(Cc1ccco1)CC(F)(F)F. The van der Waals surface area contributed by atoms with Crippen LogP contribution in [-0.4, -0.2) is 36.6 Å². The molecule has 4 nitrogen and oxygen atoms in total. The summed E-state index contributed by atoms with van der Waals surface area (Å²) in [5.74, 6) is -0.502. The third kappa shape index (κ3) is 4.26. The number of hydrogen-bond acceptors (Lipinski definition) is 3. The highest BCUT2D eigenvalue weighted by Crippen LogP contribution is 2.22. The molecule has 0 bridgehead atoms. The number of rotatable bonds is 4. The summed E-state index contributed by atoms with van der Waals surface area (Å²) in [5, 5.41) is 3.04. The van der Waals surface area contributed by atoms with E-state index >= 15 is 0 Å². The van der Waals surface area contributed by atoms with E-state index in [1.807, 2.05) is 0 Å². The Morgan fingerprint density at radius 3 is 2.85 bits per heavy atom. The van der Waals surface area contributed by atoms with Crippen LogP contribution in [0.3, 0.4) is 0 Å². The summed E-state index contributed by atoms with van der Waals surface area (Å²) in [7, 11) is 0. The minimum atomic E-state index is -4.41. The lowest BCUT2D eigenvalue weighted by Crippen LogP contribution is -2.45. The van der Waals surface area contributed by atoms with Gasteiger partial charge in [0.05, 0.1) is 18.7 Å². The fraction of sp³-hybridized carbons (Fsp3) is 0.615. The Balaban J connectivity index is 2.06. The van der Waals surface area contributed by atoms with E-state index in [1.54, 1.807) is 12.1 Å². The number of alkyl halides is 3. The van der Waals surface area contributed by atoms with Crippen molar-refractivity contribution in [2.75, 3.05) is 19.6 Å². The lowest BCUT2D eigenvalue weighted by Gasteiger charge is -2.29. The molecule has 1 aliphatic heterocycles. The van der Waals surface area contributed by atoms with Gasteiger partial charge < -0.3 is 14.6 Å². The van der Waals surface area contributed by atoms with Crippen LogP contribution in [0.15, 0.2) is 22.8 Å². The summed E-state index contributed by atoms with van der Waals surface area (Å²) >= 11 is 0. The van der Waals surface area contributed by atoms with Crippen LogP contribution >= 0.6 is 0 Å². The monoisotopic (exact) mass is 290 g/mol. The number of amides is 1. The summed E-state index contributed by atoms with van der Waals surface area (Å²) in [6.45, 7) is -0.155. The van der Waals surface area contributed by atoms with Crippen molar-refractivity contribution in [2.45, 2.75) is 25.6 Å². The Bertz CT molecular complexity index is 425. The number of nitrogens with one attached hydrogen (secondary N) is 1. The predicted molar refractivity (Wildman–Crippen MR) is 65.8 cm³/mol. The molecule has 0 aliphatic carbocycles. The second kappa shape index (κ2) is 6.30. The molecule has 1 fully saturated rings. The van der Waals surface area contributed by atoms with E-state index in [9.17, 15) is 18.0 Å².